The molecular weight excluding hydrogens is 244 g/mol. The molecule has 2 aromatic carbocycles. The Morgan fingerprint density at radius 3 is 2.85 bits per heavy atom. The second-order valence-corrected chi connectivity index (χ2v) is 6.07. The summed E-state index contributed by atoms with van der Waals surface area (Å²) in [7, 11) is 2.22. The molecule has 4 rings (SSSR count). The molecule has 0 fully saturated rings. The summed E-state index contributed by atoms with van der Waals surface area (Å²) in [5.74, 6) is 0. The molecule has 2 heteroatoms. The number of H-pyrrole nitrogens is 1. The molecule has 102 valence electrons. The lowest BCUT2D eigenvalue weighted by Crippen LogP contribution is -2.30. The molecule has 0 bridgehead atoms. The molecule has 1 aromatic heterocycles. The highest BCUT2D eigenvalue weighted by atomic mass is 15.1. The second kappa shape index (κ2) is 4.10. The summed E-state index contributed by atoms with van der Waals surface area (Å²) < 4.78 is 0. The fourth-order valence-corrected chi connectivity index (χ4v) is 3.64. The molecule has 1 N–H and O–H groups in total. The van der Waals surface area contributed by atoms with Gasteiger partial charge in [0.2, 0.25) is 0 Å². The number of aromatic amines is 1. The molecule has 0 aliphatic carbocycles. The highest BCUT2D eigenvalue weighted by Gasteiger charge is 2.24. The number of nitrogens with zero attached hydrogens (tertiary/aromatic N) is 1. The minimum Gasteiger partial charge on any atom is -0.354 e. The van der Waals surface area contributed by atoms with E-state index >= 15 is 0 Å². The van der Waals surface area contributed by atoms with Crippen molar-refractivity contribution in [2.24, 2.45) is 0 Å². The lowest BCUT2D eigenvalue weighted by molar-refractivity contribution is 0.247. The Hall–Kier alpha value is -1.80. The Bertz CT molecular complexity index is 813. The molecule has 2 nitrogen and oxygen atoms in total. The fraction of sp³-hybridized carbons (Fsp3) is 0.333. The molecule has 0 spiro atoms. The van der Waals surface area contributed by atoms with Crippen LogP contribution < -0.4 is 0 Å². The third-order valence-corrected chi connectivity index (χ3v) is 5.05. The van der Waals surface area contributed by atoms with Gasteiger partial charge >= 0.3 is 0 Å². The molecule has 1 atom stereocenters. The first-order valence-corrected chi connectivity index (χ1v) is 7.40. The van der Waals surface area contributed by atoms with E-state index in [0.29, 0.717) is 6.04 Å². The second-order valence-electron chi connectivity index (χ2n) is 6.07. The van der Waals surface area contributed by atoms with Gasteiger partial charge in [-0.3, -0.25) is 4.90 Å². The van der Waals surface area contributed by atoms with Crippen LogP contribution in [-0.4, -0.2) is 23.5 Å². The van der Waals surface area contributed by atoms with Gasteiger partial charge in [0.25, 0.3) is 0 Å². The van der Waals surface area contributed by atoms with Crippen LogP contribution in [0.25, 0.3) is 21.8 Å². The van der Waals surface area contributed by atoms with E-state index in [2.05, 4.69) is 61.1 Å². The Kier molecular flexibility index (Phi) is 2.45. The van der Waals surface area contributed by atoms with Gasteiger partial charge in [-0.15, -0.1) is 0 Å². The van der Waals surface area contributed by atoms with E-state index in [1.54, 1.807) is 5.56 Å². The Morgan fingerprint density at radius 2 is 2.00 bits per heavy atom. The first-order valence-electron chi connectivity index (χ1n) is 7.40. The van der Waals surface area contributed by atoms with Gasteiger partial charge in [-0.1, -0.05) is 18.2 Å². The van der Waals surface area contributed by atoms with Crippen LogP contribution in [0.1, 0.15) is 29.7 Å². The summed E-state index contributed by atoms with van der Waals surface area (Å²) in [6.07, 6.45) is 1.16. The Morgan fingerprint density at radius 1 is 1.20 bits per heavy atom. The molecule has 2 heterocycles. The van der Waals surface area contributed by atoms with E-state index in [0.717, 1.165) is 13.0 Å². The number of likely N-dealkylation sites (N-methyl/N-ethyl adjacent to an activating group) is 1. The van der Waals surface area contributed by atoms with Crippen LogP contribution in [-0.2, 0) is 6.42 Å². The van der Waals surface area contributed by atoms with Crippen LogP contribution in [0.3, 0.4) is 0 Å². The van der Waals surface area contributed by atoms with Gasteiger partial charge in [0.1, 0.15) is 0 Å². The van der Waals surface area contributed by atoms with Crippen LogP contribution in [0.15, 0.2) is 30.3 Å². The topological polar surface area (TPSA) is 19.0 Å². The lowest BCUT2D eigenvalue weighted by Gasteiger charge is -2.33. The van der Waals surface area contributed by atoms with Crippen molar-refractivity contribution in [1.29, 1.82) is 0 Å². The molecular formula is C18H20N2. The maximum Gasteiger partial charge on any atom is 0.0497 e. The third-order valence-electron chi connectivity index (χ3n) is 5.05. The SMILES string of the molecule is Cc1c2c(cc3c1[nH]c1ccccc13)C(C)N(C)CC2. The van der Waals surface area contributed by atoms with Crippen molar-refractivity contribution in [3.05, 3.63) is 47.0 Å². The van der Waals surface area contributed by atoms with Crippen LogP contribution in [0.5, 0.6) is 0 Å². The Balaban J connectivity index is 2.12. The molecule has 0 saturated heterocycles. The highest BCUT2D eigenvalue weighted by molar-refractivity contribution is 6.08. The first kappa shape index (κ1) is 12.0. The van der Waals surface area contributed by atoms with Crippen molar-refractivity contribution < 1.29 is 0 Å². The van der Waals surface area contributed by atoms with Crippen molar-refractivity contribution >= 4 is 21.8 Å². The van der Waals surface area contributed by atoms with Crippen LogP contribution in [0, 0.1) is 6.92 Å². The van der Waals surface area contributed by atoms with Gasteiger partial charge in [0, 0.05) is 34.4 Å². The quantitative estimate of drug-likeness (QED) is 0.645. The third kappa shape index (κ3) is 1.49. The maximum atomic E-state index is 3.61. The monoisotopic (exact) mass is 264 g/mol. The van der Waals surface area contributed by atoms with Crippen molar-refractivity contribution in [3.8, 4) is 0 Å². The first-order chi connectivity index (χ1) is 9.66. The number of benzene rings is 2. The Labute approximate surface area is 119 Å². The van der Waals surface area contributed by atoms with Crippen molar-refractivity contribution in [2.45, 2.75) is 26.3 Å². The normalized spacial score (nSPS) is 19.6. The van der Waals surface area contributed by atoms with Crippen molar-refractivity contribution in [3.63, 3.8) is 0 Å². The number of hydrogen-bond donors (Lipinski definition) is 1. The predicted octanol–water partition coefficient (Wildman–Crippen LogP) is 4.18. The molecule has 3 aromatic rings. The maximum absolute atomic E-state index is 3.61. The van der Waals surface area contributed by atoms with Crippen molar-refractivity contribution in [1.82, 2.24) is 9.88 Å². The van der Waals surface area contributed by atoms with E-state index in [-0.39, 0.29) is 0 Å². The number of nitrogens with one attached hydrogen (secondary N) is 1. The summed E-state index contributed by atoms with van der Waals surface area (Å²) in [6, 6.07) is 11.5. The van der Waals surface area contributed by atoms with E-state index in [1.807, 2.05) is 0 Å². The fourth-order valence-electron chi connectivity index (χ4n) is 3.64. The van der Waals surface area contributed by atoms with E-state index in [9.17, 15) is 0 Å². The van der Waals surface area contributed by atoms with Gasteiger partial charge < -0.3 is 4.98 Å². The average molecular weight is 264 g/mol. The number of aromatic nitrogens is 1. The zero-order valence-electron chi connectivity index (χ0n) is 12.3. The van der Waals surface area contributed by atoms with Crippen LogP contribution >= 0.6 is 0 Å². The molecule has 1 aliphatic rings. The smallest absolute Gasteiger partial charge is 0.0497 e. The van der Waals surface area contributed by atoms with Crippen LogP contribution in [0.2, 0.25) is 0 Å². The van der Waals surface area contributed by atoms with Gasteiger partial charge in [-0.25, -0.2) is 0 Å². The van der Waals surface area contributed by atoms with Gasteiger partial charge in [0.05, 0.1) is 0 Å². The van der Waals surface area contributed by atoms with Gasteiger partial charge in [0.15, 0.2) is 0 Å². The number of hydrogen-bond acceptors (Lipinski definition) is 1. The highest BCUT2D eigenvalue weighted by Crippen LogP contribution is 2.37. The average Bonchev–Trinajstić information content (AvgIpc) is 2.83. The number of rotatable bonds is 0. The molecule has 1 aliphatic heterocycles. The van der Waals surface area contributed by atoms with Crippen molar-refractivity contribution in [2.75, 3.05) is 13.6 Å². The predicted molar refractivity (Wildman–Crippen MR) is 85.3 cm³/mol. The largest absolute Gasteiger partial charge is 0.354 e. The van der Waals surface area contributed by atoms with Gasteiger partial charge in [-0.05, 0) is 56.1 Å². The summed E-state index contributed by atoms with van der Waals surface area (Å²) in [5, 5.41) is 2.72. The lowest BCUT2D eigenvalue weighted by atomic mass is 9.88. The van der Waals surface area contributed by atoms with E-state index in [4.69, 9.17) is 0 Å². The van der Waals surface area contributed by atoms with E-state index < -0.39 is 0 Å². The molecule has 20 heavy (non-hydrogen) atoms. The molecule has 0 radical (unpaired) electrons. The van der Waals surface area contributed by atoms with E-state index in [1.165, 1.54) is 32.9 Å². The number of para-hydroxylation sites is 1. The zero-order chi connectivity index (χ0) is 13.9. The number of aryl methyl sites for hydroxylation is 1. The molecule has 1 unspecified atom stereocenters. The summed E-state index contributed by atoms with van der Waals surface area (Å²) in [4.78, 5) is 6.06. The minimum absolute atomic E-state index is 0.510. The van der Waals surface area contributed by atoms with Crippen LogP contribution in [0.4, 0.5) is 0 Å². The molecule has 0 amide bonds. The molecule has 0 saturated carbocycles. The van der Waals surface area contributed by atoms with Gasteiger partial charge in [-0.2, -0.15) is 0 Å². The summed E-state index contributed by atoms with van der Waals surface area (Å²) >= 11 is 0. The zero-order valence-corrected chi connectivity index (χ0v) is 12.3. The summed E-state index contributed by atoms with van der Waals surface area (Å²) in [5.41, 5.74) is 7.06. The summed E-state index contributed by atoms with van der Waals surface area (Å²) in [6.45, 7) is 5.74. The minimum atomic E-state index is 0.510. The number of fused-ring (bicyclic) bond motifs is 4. The standard InChI is InChI=1S/C18H20N2/c1-11-13-8-9-20(3)12(2)15(13)10-16-14-6-4-5-7-17(14)19-18(11)16/h4-7,10,12,19H,8-9H2,1-3H3.